The third kappa shape index (κ3) is 9.78. The topological polar surface area (TPSA) is 125 Å². The van der Waals surface area contributed by atoms with Crippen LogP contribution in [0.25, 0.3) is 0 Å². The van der Waals surface area contributed by atoms with Crippen LogP contribution >= 0.6 is 25.3 Å². The number of hydrazone groups is 2. The van der Waals surface area contributed by atoms with Crippen LogP contribution in [0.5, 0.6) is 0 Å². The Morgan fingerprint density at radius 1 is 0.698 bits per heavy atom. The van der Waals surface area contributed by atoms with Crippen molar-refractivity contribution in [3.05, 3.63) is 116 Å². The first-order valence-electron chi connectivity index (χ1n) is 12.0. The fraction of sp³-hybridized carbons (Fsp3) is 0.0714. The summed E-state index contributed by atoms with van der Waals surface area (Å²) in [6.07, 6.45) is 0.922. The minimum Gasteiger partial charge on any atom is -0.428 e. The van der Waals surface area contributed by atoms with E-state index in [-0.39, 0.29) is 28.2 Å². The van der Waals surface area contributed by atoms with Crippen molar-refractivity contribution in [3.63, 3.8) is 0 Å². The predicted octanol–water partition coefficient (Wildman–Crippen LogP) is 3.46. The Hall–Kier alpha value is -3.46. The molecule has 0 atom stereocenters. The monoisotopic (exact) mass is 707 g/mol. The molecule has 2 aromatic carbocycles. The maximum Gasteiger partial charge on any atom is 2.00 e. The number of aryl methyl sites for hydroxylation is 2. The van der Waals surface area contributed by atoms with E-state index < -0.39 is 11.3 Å². The maximum absolute atomic E-state index is 11.7. The molecular formula is C28H28CuN4O6S4+6. The number of nitrogens with one attached hydrogen (secondary N) is 2. The molecule has 4 rings (SSSR count). The second-order valence-corrected chi connectivity index (χ2v) is 11.0. The fourth-order valence-corrected chi connectivity index (χ4v) is 4.23. The smallest absolute Gasteiger partial charge is 0.428 e. The van der Waals surface area contributed by atoms with Crippen LogP contribution in [-0.4, -0.2) is 30.7 Å². The van der Waals surface area contributed by atoms with Crippen LogP contribution in [0.1, 0.15) is 32.2 Å². The van der Waals surface area contributed by atoms with Crippen molar-refractivity contribution in [2.24, 2.45) is 0 Å². The summed E-state index contributed by atoms with van der Waals surface area (Å²) in [5.41, 5.74) is 6.66. The normalized spacial score (nSPS) is 11.5. The van der Waals surface area contributed by atoms with E-state index in [1.54, 1.807) is 35.3 Å². The summed E-state index contributed by atoms with van der Waals surface area (Å²) in [5.74, 6) is 0.798. The van der Waals surface area contributed by atoms with Crippen LogP contribution in [0.2, 0.25) is 0 Å². The van der Waals surface area contributed by atoms with Gasteiger partial charge in [-0.3, -0.25) is 9.59 Å². The van der Waals surface area contributed by atoms with E-state index in [4.69, 9.17) is 8.83 Å². The molecule has 0 aliphatic rings. The van der Waals surface area contributed by atoms with Gasteiger partial charge < -0.3 is 8.83 Å². The van der Waals surface area contributed by atoms with Crippen molar-refractivity contribution in [1.29, 1.82) is 0 Å². The number of hydrazine groups is 2. The van der Waals surface area contributed by atoms with E-state index in [1.165, 1.54) is 0 Å². The molecule has 2 heterocycles. The number of hydrogen-bond acceptors (Lipinski definition) is 8. The molecule has 0 bridgehead atoms. The molecule has 2 N–H and O–H groups in total. The number of nitrogens with zero attached hydrogens (tertiary/aromatic N) is 2. The van der Waals surface area contributed by atoms with Gasteiger partial charge in [0.2, 0.25) is 11.4 Å². The fourth-order valence-electron chi connectivity index (χ4n) is 3.53. The van der Waals surface area contributed by atoms with Crippen LogP contribution in [0.3, 0.4) is 0 Å². The molecule has 10 nitrogen and oxygen atoms in total. The van der Waals surface area contributed by atoms with Gasteiger partial charge in [-0.25, -0.2) is 9.59 Å². The quantitative estimate of drug-likeness (QED) is 0.0321. The van der Waals surface area contributed by atoms with E-state index >= 15 is 0 Å². The van der Waals surface area contributed by atoms with Gasteiger partial charge in [0.25, 0.3) is 0 Å². The van der Waals surface area contributed by atoms with Gasteiger partial charge in [0.05, 0.1) is 25.3 Å². The molecule has 0 aliphatic carbocycles. The molecule has 0 spiro atoms. The molecule has 4 aromatic rings. The van der Waals surface area contributed by atoms with E-state index in [0.29, 0.717) is 44.2 Å². The Balaban J connectivity index is 0.000000293. The number of carbonyl (C=O) groups excluding carboxylic acids is 2. The van der Waals surface area contributed by atoms with Crippen LogP contribution in [0.4, 0.5) is 22.7 Å². The van der Waals surface area contributed by atoms with Gasteiger partial charge in [0.1, 0.15) is 34.0 Å². The zero-order valence-electron chi connectivity index (χ0n) is 22.6. The first-order chi connectivity index (χ1) is 20.0. The van der Waals surface area contributed by atoms with E-state index in [9.17, 15) is 19.2 Å². The Morgan fingerprint density at radius 3 is 1.30 bits per heavy atom. The van der Waals surface area contributed by atoms with Crippen molar-refractivity contribution in [3.8, 4) is 0 Å². The third-order valence-corrected chi connectivity index (χ3v) is 6.22. The summed E-state index contributed by atoms with van der Waals surface area (Å²) >= 11 is 15.2. The minimum absolute atomic E-state index is 0. The Bertz CT molecular complexity index is 1640. The summed E-state index contributed by atoms with van der Waals surface area (Å²) in [6, 6.07) is 21.7. The Labute approximate surface area is 279 Å². The van der Waals surface area contributed by atoms with E-state index in [2.05, 4.69) is 61.4 Å². The van der Waals surface area contributed by atoms with Gasteiger partial charge in [0.15, 0.2) is 12.6 Å². The zero-order valence-corrected chi connectivity index (χ0v) is 27.4. The average molecular weight is 708 g/mol. The van der Waals surface area contributed by atoms with Crippen molar-refractivity contribution >= 4 is 94.6 Å². The largest absolute Gasteiger partial charge is 2.00 e. The van der Waals surface area contributed by atoms with Crippen LogP contribution in [-0.2, 0) is 42.3 Å². The van der Waals surface area contributed by atoms with Crippen molar-refractivity contribution < 1.29 is 44.9 Å². The third-order valence-electron chi connectivity index (χ3n) is 5.38. The molecule has 0 saturated carbocycles. The standard InChI is InChI=1S/2C14H12N2O3S2.Cu/c2*1-9-7-12(11(8-17)13(18)19-9)15-16(14(20)21)10-5-3-2-4-6-10;/h2*2-8H,1H3,(H2,15,17,18,20,21);/q;;+2/p+4. The van der Waals surface area contributed by atoms with E-state index in [1.807, 2.05) is 60.7 Å². The zero-order chi connectivity index (χ0) is 30.8. The maximum atomic E-state index is 11.7. The first kappa shape index (κ1) is 35.7. The van der Waals surface area contributed by atoms with Gasteiger partial charge >= 0.3 is 37.1 Å². The molecule has 0 unspecified atom stereocenters. The van der Waals surface area contributed by atoms with Gasteiger partial charge in [-0.05, 0) is 48.5 Å². The Morgan fingerprint density at radius 2 is 1.02 bits per heavy atom. The summed E-state index contributed by atoms with van der Waals surface area (Å²) in [5, 5.41) is 0. The summed E-state index contributed by atoms with van der Waals surface area (Å²) in [4.78, 5) is 45.6. The van der Waals surface area contributed by atoms with E-state index in [0.717, 1.165) is 11.4 Å². The predicted molar refractivity (Wildman–Crippen MR) is 178 cm³/mol. The van der Waals surface area contributed by atoms with Crippen LogP contribution in [0.15, 0.2) is 91.2 Å². The number of thiol groups is 2. The number of rotatable bonds is 8. The number of aldehydes is 2. The van der Waals surface area contributed by atoms with Gasteiger partial charge in [0, 0.05) is 36.4 Å². The molecule has 2 aromatic heterocycles. The summed E-state index contributed by atoms with van der Waals surface area (Å²) in [6.45, 7) is 3.26. The van der Waals surface area contributed by atoms with Crippen molar-refractivity contribution in [2.75, 3.05) is 10.9 Å². The van der Waals surface area contributed by atoms with Crippen LogP contribution in [0, 0.1) is 13.8 Å². The molecule has 43 heavy (non-hydrogen) atoms. The number of carbonyl (C=O) groups is 2. The number of benzene rings is 2. The number of para-hydroxylation sites is 2. The van der Waals surface area contributed by atoms with Crippen molar-refractivity contribution in [1.82, 2.24) is 0 Å². The second kappa shape index (κ2) is 17.0. The van der Waals surface area contributed by atoms with Crippen molar-refractivity contribution in [2.45, 2.75) is 13.8 Å². The molecule has 15 heteroatoms. The summed E-state index contributed by atoms with van der Waals surface area (Å²) < 4.78 is 13.9. The number of hydrogen-bond donors (Lipinski definition) is 4. The number of anilines is 2. The molecule has 0 saturated heterocycles. The molecular weight excluding hydrogens is 680 g/mol. The molecule has 225 valence electrons. The SMILES string of the molecule is Cc1cc(N/[N+](=C(/S)[SH2+])c2ccccc2)c(C=O)c(=O)o1.Cc1cc(N/[N+](=C(\S)[SH2+])c2ccccc2)c(C=O)c(=O)o1.[Cu+2]. The molecule has 0 amide bonds. The second-order valence-electron chi connectivity index (χ2n) is 8.39. The Kier molecular flexibility index (Phi) is 14.1. The van der Waals surface area contributed by atoms with Gasteiger partial charge in [-0.1, -0.05) is 36.4 Å². The van der Waals surface area contributed by atoms with Gasteiger partial charge in [-0.15, -0.1) is 0 Å². The first-order valence-corrected chi connectivity index (χ1v) is 13.9. The molecule has 1 radical (unpaired) electrons. The van der Waals surface area contributed by atoms with Gasteiger partial charge in [-0.2, -0.15) is 10.9 Å². The van der Waals surface area contributed by atoms with Crippen LogP contribution < -0.4 is 22.1 Å². The molecule has 0 fully saturated rings. The minimum atomic E-state index is -0.685. The summed E-state index contributed by atoms with van der Waals surface area (Å²) in [7, 11) is 0. The molecule has 0 aliphatic heterocycles. The average Bonchev–Trinajstić information content (AvgIpc) is 2.95.